The van der Waals surface area contributed by atoms with Gasteiger partial charge in [-0.2, -0.15) is 4.98 Å². The van der Waals surface area contributed by atoms with Crippen LogP contribution >= 0.6 is 11.3 Å². The van der Waals surface area contributed by atoms with Crippen molar-refractivity contribution in [2.75, 3.05) is 12.4 Å². The summed E-state index contributed by atoms with van der Waals surface area (Å²) in [6.07, 6.45) is 0. The smallest absolute Gasteiger partial charge is 0.249 e. The number of hydrogen-bond donors (Lipinski definition) is 1. The van der Waals surface area contributed by atoms with Crippen LogP contribution < -0.4 is 10.1 Å². The van der Waals surface area contributed by atoms with Crippen LogP contribution in [0.3, 0.4) is 0 Å². The maximum absolute atomic E-state index is 5.18. The molecule has 0 amide bonds. The van der Waals surface area contributed by atoms with Crippen molar-refractivity contribution < 1.29 is 4.74 Å². The van der Waals surface area contributed by atoms with E-state index in [-0.39, 0.29) is 0 Å². The van der Waals surface area contributed by atoms with Gasteiger partial charge < -0.3 is 10.1 Å². The lowest BCUT2D eigenvalue weighted by Gasteiger charge is -2.04. The highest BCUT2D eigenvalue weighted by Gasteiger charge is 2.12. The van der Waals surface area contributed by atoms with Crippen LogP contribution in [0, 0.1) is 0 Å². The average molecular weight is 400 g/mol. The molecule has 5 rings (SSSR count). The molecule has 0 unspecified atom stereocenters. The van der Waals surface area contributed by atoms with E-state index in [1.54, 1.807) is 18.4 Å². The second kappa shape index (κ2) is 7.33. The van der Waals surface area contributed by atoms with Gasteiger partial charge in [0.25, 0.3) is 0 Å². The highest BCUT2D eigenvalue weighted by molar-refractivity contribution is 7.15. The zero-order valence-electron chi connectivity index (χ0n) is 15.5. The molecule has 142 valence electrons. The topological polar surface area (TPSA) is 77.2 Å². The van der Waals surface area contributed by atoms with Gasteiger partial charge in [-0.1, -0.05) is 30.3 Å². The van der Waals surface area contributed by atoms with E-state index >= 15 is 0 Å². The highest BCUT2D eigenvalue weighted by Crippen LogP contribution is 2.26. The van der Waals surface area contributed by atoms with Gasteiger partial charge in [0.2, 0.25) is 10.9 Å². The number of benzene rings is 2. The molecule has 0 aliphatic carbocycles. The van der Waals surface area contributed by atoms with Crippen molar-refractivity contribution >= 4 is 28.1 Å². The van der Waals surface area contributed by atoms with Gasteiger partial charge in [0.15, 0.2) is 5.82 Å². The normalized spacial score (nSPS) is 10.9. The largest absolute Gasteiger partial charge is 0.497 e. The molecule has 0 spiro atoms. The number of fused-ring (bicyclic) bond motifs is 1. The Morgan fingerprint density at radius 2 is 1.72 bits per heavy atom. The highest BCUT2D eigenvalue weighted by atomic mass is 32.1. The van der Waals surface area contributed by atoms with Crippen LogP contribution in [0.5, 0.6) is 5.75 Å². The monoisotopic (exact) mass is 400 g/mol. The first-order valence-electron chi connectivity index (χ1n) is 8.95. The summed E-state index contributed by atoms with van der Waals surface area (Å²) in [6, 6.07) is 21.6. The molecular formula is C21H16N6OS. The molecule has 1 N–H and O–H groups in total. The van der Waals surface area contributed by atoms with Crippen molar-refractivity contribution in [2.24, 2.45) is 0 Å². The van der Waals surface area contributed by atoms with Crippen molar-refractivity contribution in [2.45, 2.75) is 0 Å². The van der Waals surface area contributed by atoms with E-state index in [4.69, 9.17) is 4.74 Å². The summed E-state index contributed by atoms with van der Waals surface area (Å²) in [4.78, 5) is 5.35. The third kappa shape index (κ3) is 3.41. The van der Waals surface area contributed by atoms with Crippen molar-refractivity contribution in [1.29, 1.82) is 0 Å². The van der Waals surface area contributed by atoms with Crippen molar-refractivity contribution in [3.8, 4) is 28.3 Å². The second-order valence-corrected chi connectivity index (χ2v) is 7.11. The Hall–Kier alpha value is -3.78. The molecule has 7 nitrogen and oxygen atoms in total. The molecule has 8 heteroatoms. The van der Waals surface area contributed by atoms with Crippen LogP contribution in [0.25, 0.3) is 27.5 Å². The Kier molecular flexibility index (Phi) is 4.38. The van der Waals surface area contributed by atoms with Gasteiger partial charge in [0, 0.05) is 16.5 Å². The Morgan fingerprint density at radius 1 is 0.897 bits per heavy atom. The Bertz CT molecular complexity index is 1250. The Balaban J connectivity index is 1.37. The summed E-state index contributed by atoms with van der Waals surface area (Å²) in [7, 11) is 1.65. The van der Waals surface area contributed by atoms with Gasteiger partial charge in [-0.05, 0) is 36.4 Å². The summed E-state index contributed by atoms with van der Waals surface area (Å²) in [5, 5.41) is 18.3. The number of rotatable bonds is 5. The first kappa shape index (κ1) is 17.3. The molecule has 0 radical (unpaired) electrons. The predicted molar refractivity (Wildman–Crippen MR) is 114 cm³/mol. The molecule has 0 fully saturated rings. The fourth-order valence-corrected chi connectivity index (χ4v) is 3.80. The minimum atomic E-state index is 0.487. The summed E-state index contributed by atoms with van der Waals surface area (Å²) in [6.45, 7) is 0. The fraction of sp³-hybridized carbons (Fsp3) is 0.0476. The zero-order valence-corrected chi connectivity index (χ0v) is 16.3. The number of nitrogens with one attached hydrogen (secondary N) is 1. The van der Waals surface area contributed by atoms with Crippen molar-refractivity contribution in [3.05, 3.63) is 72.1 Å². The molecule has 0 bridgehead atoms. The van der Waals surface area contributed by atoms with Gasteiger partial charge in [0.1, 0.15) is 5.75 Å². The standard InChI is InChI=1S/C21H16N6OS/c1-28-16-9-7-14(8-10-16)17-11-12-19(25-24-17)22-20-23-21-27(26-20)18(13-29-21)15-5-3-2-4-6-15/h2-13H,1H3,(H,22,25,26). The molecular weight excluding hydrogens is 384 g/mol. The number of methoxy groups -OCH3 is 1. The van der Waals surface area contributed by atoms with E-state index in [9.17, 15) is 0 Å². The van der Waals surface area contributed by atoms with Crippen LogP contribution in [0.1, 0.15) is 0 Å². The Morgan fingerprint density at radius 3 is 2.45 bits per heavy atom. The van der Waals surface area contributed by atoms with Crippen molar-refractivity contribution in [3.63, 3.8) is 0 Å². The predicted octanol–water partition coefficient (Wildman–Crippen LogP) is 4.67. The van der Waals surface area contributed by atoms with Crippen LogP contribution in [-0.4, -0.2) is 31.9 Å². The molecule has 0 saturated heterocycles. The lowest BCUT2D eigenvalue weighted by molar-refractivity contribution is 0.415. The first-order valence-corrected chi connectivity index (χ1v) is 9.83. The summed E-state index contributed by atoms with van der Waals surface area (Å²) in [5.41, 5.74) is 3.85. The summed E-state index contributed by atoms with van der Waals surface area (Å²) >= 11 is 1.55. The Labute approximate surface area is 170 Å². The number of nitrogens with zero attached hydrogens (tertiary/aromatic N) is 5. The van der Waals surface area contributed by atoms with E-state index in [1.807, 2.05) is 59.1 Å². The molecule has 0 atom stereocenters. The van der Waals surface area contributed by atoms with Gasteiger partial charge in [-0.25, -0.2) is 4.52 Å². The van der Waals surface area contributed by atoms with E-state index in [2.05, 4.69) is 43.1 Å². The first-order chi connectivity index (χ1) is 14.3. The maximum Gasteiger partial charge on any atom is 0.249 e. The average Bonchev–Trinajstić information content (AvgIpc) is 3.35. The molecule has 5 aromatic rings. The number of thiazole rings is 1. The molecule has 3 aromatic heterocycles. The quantitative estimate of drug-likeness (QED) is 0.462. The van der Waals surface area contributed by atoms with Crippen LogP contribution in [0.2, 0.25) is 0 Å². The lowest BCUT2D eigenvalue weighted by Crippen LogP contribution is -1.98. The van der Waals surface area contributed by atoms with E-state index < -0.39 is 0 Å². The van der Waals surface area contributed by atoms with Crippen LogP contribution in [-0.2, 0) is 0 Å². The number of anilines is 2. The van der Waals surface area contributed by atoms with Crippen LogP contribution in [0.4, 0.5) is 11.8 Å². The number of hydrogen-bond acceptors (Lipinski definition) is 7. The van der Waals surface area contributed by atoms with Crippen LogP contribution in [0.15, 0.2) is 72.1 Å². The van der Waals surface area contributed by atoms with Gasteiger partial charge in [-0.15, -0.1) is 26.6 Å². The maximum atomic E-state index is 5.18. The minimum absolute atomic E-state index is 0.487. The lowest BCUT2D eigenvalue weighted by atomic mass is 10.1. The van der Waals surface area contributed by atoms with Gasteiger partial charge >= 0.3 is 0 Å². The van der Waals surface area contributed by atoms with Gasteiger partial charge in [0.05, 0.1) is 18.5 Å². The molecule has 0 aliphatic rings. The number of ether oxygens (including phenoxy) is 1. The summed E-state index contributed by atoms with van der Waals surface area (Å²) < 4.78 is 7.02. The van der Waals surface area contributed by atoms with E-state index in [1.165, 1.54) is 0 Å². The summed E-state index contributed by atoms with van der Waals surface area (Å²) in [5.74, 6) is 1.88. The molecule has 3 heterocycles. The molecule has 0 aliphatic heterocycles. The van der Waals surface area contributed by atoms with E-state index in [0.29, 0.717) is 11.8 Å². The molecule has 0 saturated carbocycles. The SMILES string of the molecule is COc1ccc(-c2ccc(Nc3nc4scc(-c5ccccc5)n4n3)nn2)cc1. The van der Waals surface area contributed by atoms with Crippen molar-refractivity contribution in [1.82, 2.24) is 24.8 Å². The molecule has 2 aromatic carbocycles. The third-order valence-corrected chi connectivity index (χ3v) is 5.26. The third-order valence-electron chi connectivity index (χ3n) is 4.44. The fourth-order valence-electron chi connectivity index (χ4n) is 2.97. The second-order valence-electron chi connectivity index (χ2n) is 6.27. The zero-order chi connectivity index (χ0) is 19.6. The van der Waals surface area contributed by atoms with E-state index in [0.717, 1.165) is 33.2 Å². The minimum Gasteiger partial charge on any atom is -0.497 e. The molecule has 29 heavy (non-hydrogen) atoms. The number of aromatic nitrogens is 5. The van der Waals surface area contributed by atoms with Gasteiger partial charge in [-0.3, -0.25) is 0 Å².